The molecule has 1 N–H and O–H groups in total. The van der Waals surface area contributed by atoms with E-state index in [2.05, 4.69) is 15.5 Å². The standard InChI is InChI=1S/C10H11ClN4/c11-7-1-4-9-13-14-10(15(9)6-7)5-12-8-2-3-8/h1,4,6,8,12H,2-3,5H2. The molecule has 0 aliphatic heterocycles. The van der Waals surface area contributed by atoms with E-state index in [4.69, 9.17) is 11.6 Å². The Hall–Kier alpha value is -1.13. The predicted octanol–water partition coefficient (Wildman–Crippen LogP) is 1.63. The zero-order valence-electron chi connectivity index (χ0n) is 8.15. The third-order valence-electron chi connectivity index (χ3n) is 2.56. The molecule has 0 unspecified atom stereocenters. The number of nitrogens with one attached hydrogen (secondary N) is 1. The minimum absolute atomic E-state index is 0.677. The smallest absolute Gasteiger partial charge is 0.160 e. The van der Waals surface area contributed by atoms with Crippen LogP contribution >= 0.6 is 11.6 Å². The van der Waals surface area contributed by atoms with Crippen molar-refractivity contribution >= 4 is 17.2 Å². The summed E-state index contributed by atoms with van der Waals surface area (Å²) in [6.07, 6.45) is 4.40. The lowest BCUT2D eigenvalue weighted by atomic mass is 10.4. The van der Waals surface area contributed by atoms with Gasteiger partial charge in [0.05, 0.1) is 11.6 Å². The highest BCUT2D eigenvalue weighted by Crippen LogP contribution is 2.19. The van der Waals surface area contributed by atoms with Crippen LogP contribution in [0.2, 0.25) is 5.02 Å². The Kier molecular flexibility index (Phi) is 2.11. The van der Waals surface area contributed by atoms with Crippen molar-refractivity contribution in [2.24, 2.45) is 0 Å². The van der Waals surface area contributed by atoms with Crippen molar-refractivity contribution in [3.05, 3.63) is 29.2 Å². The second kappa shape index (κ2) is 3.47. The summed E-state index contributed by atoms with van der Waals surface area (Å²) >= 11 is 5.93. The molecule has 0 saturated heterocycles. The maximum atomic E-state index is 5.93. The Bertz CT molecular complexity index is 489. The van der Waals surface area contributed by atoms with Crippen LogP contribution in [0.4, 0.5) is 0 Å². The molecule has 5 heteroatoms. The van der Waals surface area contributed by atoms with Crippen molar-refractivity contribution in [3.8, 4) is 0 Å². The largest absolute Gasteiger partial charge is 0.307 e. The number of rotatable bonds is 3. The van der Waals surface area contributed by atoms with Gasteiger partial charge in [0.15, 0.2) is 11.5 Å². The summed E-state index contributed by atoms with van der Waals surface area (Å²) < 4.78 is 1.93. The molecule has 2 heterocycles. The molecule has 0 spiro atoms. The fraction of sp³-hybridized carbons (Fsp3) is 0.400. The molecule has 2 aromatic rings. The maximum Gasteiger partial charge on any atom is 0.160 e. The first-order valence-corrected chi connectivity index (χ1v) is 5.43. The lowest BCUT2D eigenvalue weighted by molar-refractivity contribution is 0.652. The third-order valence-corrected chi connectivity index (χ3v) is 2.79. The van der Waals surface area contributed by atoms with Crippen molar-refractivity contribution in [3.63, 3.8) is 0 Å². The summed E-state index contributed by atoms with van der Waals surface area (Å²) in [4.78, 5) is 0. The summed E-state index contributed by atoms with van der Waals surface area (Å²) in [6, 6.07) is 4.37. The van der Waals surface area contributed by atoms with Gasteiger partial charge in [0, 0.05) is 12.2 Å². The van der Waals surface area contributed by atoms with Gasteiger partial charge in [0.2, 0.25) is 0 Å². The van der Waals surface area contributed by atoms with Gasteiger partial charge < -0.3 is 5.32 Å². The molecule has 0 radical (unpaired) electrons. The van der Waals surface area contributed by atoms with Crippen molar-refractivity contribution < 1.29 is 0 Å². The van der Waals surface area contributed by atoms with Gasteiger partial charge in [-0.05, 0) is 25.0 Å². The summed E-state index contributed by atoms with van der Waals surface area (Å²) in [5.74, 6) is 0.916. The van der Waals surface area contributed by atoms with E-state index in [9.17, 15) is 0 Å². The van der Waals surface area contributed by atoms with Crippen LogP contribution in [0, 0.1) is 0 Å². The SMILES string of the molecule is Clc1ccc2nnc(CNC3CC3)n2c1. The molecule has 0 aromatic carbocycles. The van der Waals surface area contributed by atoms with Crippen LogP contribution in [0.3, 0.4) is 0 Å². The van der Waals surface area contributed by atoms with Crippen molar-refractivity contribution in [2.45, 2.75) is 25.4 Å². The third kappa shape index (κ3) is 1.82. The number of hydrogen-bond donors (Lipinski definition) is 1. The van der Waals surface area contributed by atoms with E-state index in [1.54, 1.807) is 0 Å². The van der Waals surface area contributed by atoms with Crippen molar-refractivity contribution in [1.29, 1.82) is 0 Å². The van der Waals surface area contributed by atoms with Gasteiger partial charge in [0.1, 0.15) is 0 Å². The van der Waals surface area contributed by atoms with Gasteiger partial charge in [-0.25, -0.2) is 0 Å². The summed E-state index contributed by atoms with van der Waals surface area (Å²) in [5, 5.41) is 12.3. The lowest BCUT2D eigenvalue weighted by Gasteiger charge is -2.01. The highest BCUT2D eigenvalue weighted by molar-refractivity contribution is 6.30. The van der Waals surface area contributed by atoms with Gasteiger partial charge in [0.25, 0.3) is 0 Å². The monoisotopic (exact) mass is 222 g/mol. The Morgan fingerprint density at radius 1 is 1.40 bits per heavy atom. The molecule has 4 nitrogen and oxygen atoms in total. The lowest BCUT2D eigenvalue weighted by Crippen LogP contribution is -2.17. The predicted molar refractivity (Wildman–Crippen MR) is 57.9 cm³/mol. The van der Waals surface area contributed by atoms with Crippen LogP contribution in [0.5, 0.6) is 0 Å². The summed E-state index contributed by atoms with van der Waals surface area (Å²) in [6.45, 7) is 0.756. The van der Waals surface area contributed by atoms with E-state index in [0.717, 1.165) is 18.0 Å². The molecule has 0 amide bonds. The molecule has 0 bridgehead atoms. The molecule has 15 heavy (non-hydrogen) atoms. The van der Waals surface area contributed by atoms with Gasteiger partial charge >= 0.3 is 0 Å². The van der Waals surface area contributed by atoms with Crippen LogP contribution in [0.25, 0.3) is 5.65 Å². The molecule has 1 aliphatic carbocycles. The first-order chi connectivity index (χ1) is 7.33. The summed E-state index contributed by atoms with van der Waals surface area (Å²) in [7, 11) is 0. The van der Waals surface area contributed by atoms with Crippen LogP contribution in [-0.4, -0.2) is 20.6 Å². The van der Waals surface area contributed by atoms with Gasteiger partial charge in [-0.3, -0.25) is 4.40 Å². The fourth-order valence-electron chi connectivity index (χ4n) is 1.56. The number of hydrogen-bond acceptors (Lipinski definition) is 3. The van der Waals surface area contributed by atoms with Crippen LogP contribution in [0.15, 0.2) is 18.3 Å². The normalized spacial score (nSPS) is 16.1. The Labute approximate surface area is 92.3 Å². The molecule has 1 aliphatic rings. The Morgan fingerprint density at radius 3 is 3.07 bits per heavy atom. The highest BCUT2D eigenvalue weighted by Gasteiger charge is 2.20. The number of pyridine rings is 1. The summed E-state index contributed by atoms with van der Waals surface area (Å²) in [5.41, 5.74) is 0.840. The van der Waals surface area contributed by atoms with Crippen LogP contribution in [-0.2, 0) is 6.54 Å². The first-order valence-electron chi connectivity index (χ1n) is 5.05. The van der Waals surface area contributed by atoms with Gasteiger partial charge in [-0.15, -0.1) is 10.2 Å². The zero-order valence-corrected chi connectivity index (χ0v) is 8.91. The van der Waals surface area contributed by atoms with E-state index in [1.807, 2.05) is 22.7 Å². The van der Waals surface area contributed by atoms with Crippen molar-refractivity contribution in [1.82, 2.24) is 19.9 Å². The first kappa shape index (κ1) is 9.12. The van der Waals surface area contributed by atoms with E-state index in [-0.39, 0.29) is 0 Å². The number of fused-ring (bicyclic) bond motifs is 1. The second-order valence-corrected chi connectivity index (χ2v) is 4.28. The Morgan fingerprint density at radius 2 is 2.27 bits per heavy atom. The Balaban J connectivity index is 1.91. The van der Waals surface area contributed by atoms with E-state index in [1.165, 1.54) is 12.8 Å². The number of halogens is 1. The molecule has 2 aromatic heterocycles. The molecule has 1 saturated carbocycles. The number of aromatic nitrogens is 3. The maximum absolute atomic E-state index is 5.93. The number of nitrogens with zero attached hydrogens (tertiary/aromatic N) is 3. The average Bonchev–Trinajstić information content (AvgIpc) is 2.97. The average molecular weight is 223 g/mol. The molecule has 3 rings (SSSR count). The van der Waals surface area contributed by atoms with Crippen LogP contribution < -0.4 is 5.32 Å². The molecule has 78 valence electrons. The minimum atomic E-state index is 0.677. The van der Waals surface area contributed by atoms with Gasteiger partial charge in [-0.1, -0.05) is 11.6 Å². The topological polar surface area (TPSA) is 42.2 Å². The van der Waals surface area contributed by atoms with Crippen molar-refractivity contribution in [2.75, 3.05) is 0 Å². The molecular formula is C10H11ClN4. The molecule has 0 atom stereocenters. The van der Waals surface area contributed by atoms with E-state index >= 15 is 0 Å². The second-order valence-electron chi connectivity index (χ2n) is 3.85. The van der Waals surface area contributed by atoms with Crippen LogP contribution in [0.1, 0.15) is 18.7 Å². The highest BCUT2D eigenvalue weighted by atomic mass is 35.5. The van der Waals surface area contributed by atoms with E-state index < -0.39 is 0 Å². The fourth-order valence-corrected chi connectivity index (χ4v) is 1.72. The minimum Gasteiger partial charge on any atom is -0.307 e. The quantitative estimate of drug-likeness (QED) is 0.859. The molecular weight excluding hydrogens is 212 g/mol. The van der Waals surface area contributed by atoms with Gasteiger partial charge in [-0.2, -0.15) is 0 Å². The van der Waals surface area contributed by atoms with E-state index in [0.29, 0.717) is 11.1 Å². The zero-order chi connectivity index (χ0) is 10.3. The molecule has 1 fully saturated rings.